The van der Waals surface area contributed by atoms with Crippen molar-refractivity contribution in [3.05, 3.63) is 0 Å². The van der Waals surface area contributed by atoms with E-state index in [2.05, 4.69) is 4.99 Å². The van der Waals surface area contributed by atoms with Gasteiger partial charge >= 0.3 is 0 Å². The predicted molar refractivity (Wildman–Crippen MR) is 38.5 cm³/mol. The van der Waals surface area contributed by atoms with Gasteiger partial charge in [-0.05, 0) is 12.6 Å². The Morgan fingerprint density at radius 3 is 2.44 bits per heavy atom. The first-order chi connectivity index (χ1) is 4.06. The van der Waals surface area contributed by atoms with Crippen molar-refractivity contribution in [3.63, 3.8) is 0 Å². The van der Waals surface area contributed by atoms with Gasteiger partial charge in [-0.2, -0.15) is 0 Å². The van der Waals surface area contributed by atoms with Gasteiger partial charge in [0.05, 0.1) is 0 Å². The highest BCUT2D eigenvalue weighted by Crippen LogP contribution is 1.82. The van der Waals surface area contributed by atoms with E-state index in [-0.39, 0.29) is 5.88 Å². The summed E-state index contributed by atoms with van der Waals surface area (Å²) in [6.07, 6.45) is 3.55. The van der Waals surface area contributed by atoms with E-state index in [0.29, 0.717) is 0 Å². The topological polar surface area (TPSA) is 46.5 Å². The van der Waals surface area contributed by atoms with E-state index in [0.717, 1.165) is 6.42 Å². The first kappa shape index (κ1) is 8.62. The van der Waals surface area contributed by atoms with Crippen LogP contribution in [0.15, 0.2) is 4.99 Å². The monoisotopic (exact) mass is 149 g/mol. The van der Waals surface area contributed by atoms with E-state index in [1.54, 1.807) is 6.21 Å². The van der Waals surface area contributed by atoms with E-state index in [9.17, 15) is 8.42 Å². The zero-order chi connectivity index (χ0) is 7.33. The Balaban J connectivity index is 3.65. The van der Waals surface area contributed by atoms with Gasteiger partial charge in [-0.15, -0.1) is 0 Å². The third-order valence-corrected chi connectivity index (χ3v) is 1.24. The van der Waals surface area contributed by atoms with E-state index >= 15 is 0 Å². The summed E-state index contributed by atoms with van der Waals surface area (Å²) >= 11 is 0. The van der Waals surface area contributed by atoms with Crippen LogP contribution in [-0.4, -0.2) is 26.8 Å². The van der Waals surface area contributed by atoms with Crippen molar-refractivity contribution in [2.24, 2.45) is 4.99 Å². The van der Waals surface area contributed by atoms with Crippen LogP contribution in [0.1, 0.15) is 13.3 Å². The molecule has 0 atom stereocenters. The number of sulfone groups is 1. The van der Waals surface area contributed by atoms with Gasteiger partial charge in [-0.25, -0.2) is 8.42 Å². The lowest BCUT2D eigenvalue weighted by atomic mass is 10.5. The zero-order valence-electron chi connectivity index (χ0n) is 5.66. The summed E-state index contributed by atoms with van der Waals surface area (Å²) in [6, 6.07) is 0. The third kappa shape index (κ3) is 7.62. The van der Waals surface area contributed by atoms with Crippen LogP contribution >= 0.6 is 0 Å². The van der Waals surface area contributed by atoms with Crippen LogP contribution < -0.4 is 0 Å². The molecule has 0 fully saturated rings. The molecule has 0 unspecified atom stereocenters. The molecule has 3 nitrogen and oxygen atoms in total. The predicted octanol–water partition coefficient (Wildman–Crippen LogP) is 0.469. The number of rotatable bonds is 3. The number of aliphatic imine (C=N–C) groups is 1. The second-order valence-electron chi connectivity index (χ2n) is 1.83. The number of hydrogen-bond acceptors (Lipinski definition) is 3. The largest absolute Gasteiger partial charge is 0.281 e. The van der Waals surface area contributed by atoms with Crippen molar-refractivity contribution in [1.29, 1.82) is 0 Å². The van der Waals surface area contributed by atoms with E-state index < -0.39 is 9.84 Å². The molecule has 0 aliphatic carbocycles. The van der Waals surface area contributed by atoms with E-state index in [1.807, 2.05) is 6.92 Å². The number of hydrogen-bond donors (Lipinski definition) is 0. The minimum absolute atomic E-state index is 0.0825. The Labute approximate surface area is 55.7 Å². The molecule has 0 aromatic carbocycles. The van der Waals surface area contributed by atoms with Gasteiger partial charge < -0.3 is 0 Å². The summed E-state index contributed by atoms with van der Waals surface area (Å²) in [7, 11) is -2.89. The summed E-state index contributed by atoms with van der Waals surface area (Å²) in [6.45, 7) is 1.91. The van der Waals surface area contributed by atoms with E-state index in [1.165, 1.54) is 6.26 Å². The minimum Gasteiger partial charge on any atom is -0.281 e. The lowest BCUT2D eigenvalue weighted by Gasteiger charge is -1.86. The summed E-state index contributed by atoms with van der Waals surface area (Å²) < 4.78 is 20.8. The molecule has 0 aromatic heterocycles. The highest BCUT2D eigenvalue weighted by molar-refractivity contribution is 7.90. The molecule has 0 bridgehead atoms. The Bertz CT molecular complexity index is 181. The highest BCUT2D eigenvalue weighted by Gasteiger charge is 1.95. The molecule has 4 heteroatoms. The van der Waals surface area contributed by atoms with Gasteiger partial charge in [-0.3, -0.25) is 4.99 Å². The Hall–Kier alpha value is -0.380. The summed E-state index contributed by atoms with van der Waals surface area (Å²) in [5.41, 5.74) is 0. The highest BCUT2D eigenvalue weighted by atomic mass is 32.2. The normalized spacial score (nSPS) is 12.7. The first-order valence-corrected chi connectivity index (χ1v) is 4.78. The molecule has 0 rings (SSSR count). The van der Waals surface area contributed by atoms with Crippen molar-refractivity contribution in [2.45, 2.75) is 13.3 Å². The minimum atomic E-state index is -2.89. The molecule has 0 heterocycles. The smallest absolute Gasteiger partial charge is 0.167 e. The summed E-state index contributed by atoms with van der Waals surface area (Å²) in [5.74, 6) is -0.0825. The molecular formula is C5H11NO2S. The fourth-order valence-corrected chi connectivity index (χ4v) is 0.693. The average molecular weight is 149 g/mol. The van der Waals surface area contributed by atoms with E-state index in [4.69, 9.17) is 0 Å². The van der Waals surface area contributed by atoms with Crippen molar-refractivity contribution >= 4 is 16.1 Å². The molecule has 0 aliphatic rings. The van der Waals surface area contributed by atoms with Crippen molar-refractivity contribution < 1.29 is 8.42 Å². The maximum Gasteiger partial charge on any atom is 0.167 e. The van der Waals surface area contributed by atoms with Crippen molar-refractivity contribution in [3.8, 4) is 0 Å². The SMILES string of the molecule is CC/C=N\CS(C)(=O)=O. The van der Waals surface area contributed by atoms with Crippen molar-refractivity contribution in [2.75, 3.05) is 12.1 Å². The Morgan fingerprint density at radius 1 is 1.56 bits per heavy atom. The molecular weight excluding hydrogens is 138 g/mol. The van der Waals surface area contributed by atoms with Crippen LogP contribution in [-0.2, 0) is 9.84 Å². The van der Waals surface area contributed by atoms with Crippen LogP contribution in [0.3, 0.4) is 0 Å². The fraction of sp³-hybridized carbons (Fsp3) is 0.800. The fourth-order valence-electron chi connectivity index (χ4n) is 0.317. The van der Waals surface area contributed by atoms with Gasteiger partial charge in [0.15, 0.2) is 9.84 Å². The molecule has 0 aliphatic heterocycles. The molecule has 0 aromatic rings. The van der Waals surface area contributed by atoms with Crippen LogP contribution in [0.5, 0.6) is 0 Å². The lowest BCUT2D eigenvalue weighted by Crippen LogP contribution is -1.99. The Kier molecular flexibility index (Phi) is 3.46. The second-order valence-corrected chi connectivity index (χ2v) is 3.94. The van der Waals surface area contributed by atoms with Gasteiger partial charge in [0.25, 0.3) is 0 Å². The van der Waals surface area contributed by atoms with Gasteiger partial charge in [0, 0.05) is 6.26 Å². The zero-order valence-corrected chi connectivity index (χ0v) is 6.48. The average Bonchev–Trinajstić information content (AvgIpc) is 1.63. The first-order valence-electron chi connectivity index (χ1n) is 2.72. The van der Waals surface area contributed by atoms with Crippen molar-refractivity contribution in [1.82, 2.24) is 0 Å². The third-order valence-electron chi connectivity index (χ3n) is 0.621. The molecule has 54 valence electrons. The quantitative estimate of drug-likeness (QED) is 0.547. The Morgan fingerprint density at radius 2 is 2.11 bits per heavy atom. The number of nitrogens with zero attached hydrogens (tertiary/aromatic N) is 1. The van der Waals surface area contributed by atoms with Gasteiger partial charge in [-0.1, -0.05) is 6.92 Å². The molecule has 0 amide bonds. The molecule has 0 radical (unpaired) electrons. The van der Waals surface area contributed by atoms with Crippen LogP contribution in [0.25, 0.3) is 0 Å². The molecule has 0 saturated carbocycles. The molecule has 9 heavy (non-hydrogen) atoms. The standard InChI is InChI=1S/C5H11NO2S/c1-3-4-6-5-9(2,7)8/h4H,3,5H2,1-2H3/b6-4-. The summed E-state index contributed by atoms with van der Waals surface area (Å²) in [5, 5.41) is 0. The second kappa shape index (κ2) is 3.61. The lowest BCUT2D eigenvalue weighted by molar-refractivity contribution is 0.602. The molecule has 0 spiro atoms. The molecule has 0 N–H and O–H groups in total. The van der Waals surface area contributed by atoms with Crippen LogP contribution in [0, 0.1) is 0 Å². The van der Waals surface area contributed by atoms with Gasteiger partial charge in [0.2, 0.25) is 0 Å². The maximum atomic E-state index is 10.4. The summed E-state index contributed by atoms with van der Waals surface area (Å²) in [4.78, 5) is 3.65. The van der Waals surface area contributed by atoms with Crippen LogP contribution in [0.4, 0.5) is 0 Å². The maximum absolute atomic E-state index is 10.4. The van der Waals surface area contributed by atoms with Gasteiger partial charge in [0.1, 0.15) is 5.88 Å². The molecule has 0 saturated heterocycles. The van der Waals surface area contributed by atoms with Crippen LogP contribution in [0.2, 0.25) is 0 Å².